The van der Waals surface area contributed by atoms with E-state index in [-0.39, 0.29) is 6.10 Å². The number of aryl methyl sites for hydroxylation is 1. The molecule has 0 bridgehead atoms. The quantitative estimate of drug-likeness (QED) is 0.453. The van der Waals surface area contributed by atoms with E-state index in [1.54, 1.807) is 7.05 Å². The monoisotopic (exact) mass is 421 g/mol. The van der Waals surface area contributed by atoms with E-state index in [2.05, 4.69) is 58.3 Å². The lowest BCUT2D eigenvalue weighted by molar-refractivity contribution is 0.254. The van der Waals surface area contributed by atoms with Gasteiger partial charge in [0, 0.05) is 56.5 Å². The molecule has 164 valence electrons. The highest BCUT2D eigenvalue weighted by Crippen LogP contribution is 2.35. The lowest BCUT2D eigenvalue weighted by Gasteiger charge is -2.15. The summed E-state index contributed by atoms with van der Waals surface area (Å²) in [4.78, 5) is 9.08. The van der Waals surface area contributed by atoms with Crippen LogP contribution in [-0.4, -0.2) is 41.6 Å². The van der Waals surface area contributed by atoms with Gasteiger partial charge in [-0.1, -0.05) is 6.07 Å². The summed E-state index contributed by atoms with van der Waals surface area (Å²) in [7, 11) is 1.78. The number of hydrogen-bond acceptors (Lipinski definition) is 4. The molecular formula is C24H31N5O2. The Balaban J connectivity index is 1.35. The van der Waals surface area contributed by atoms with Gasteiger partial charge in [-0.25, -0.2) is 4.98 Å². The van der Waals surface area contributed by atoms with Gasteiger partial charge >= 0.3 is 0 Å². The van der Waals surface area contributed by atoms with Crippen LogP contribution in [0.3, 0.4) is 0 Å². The van der Waals surface area contributed by atoms with Crippen LogP contribution in [-0.2, 0) is 19.4 Å². The summed E-state index contributed by atoms with van der Waals surface area (Å²) in [5.74, 6) is 2.61. The third-order valence-corrected chi connectivity index (χ3v) is 5.45. The predicted octanol–water partition coefficient (Wildman–Crippen LogP) is 3.27. The predicted molar refractivity (Wildman–Crippen MR) is 123 cm³/mol. The Morgan fingerprint density at radius 1 is 1.35 bits per heavy atom. The molecule has 0 spiro atoms. The Labute approximate surface area is 183 Å². The molecule has 0 saturated carbocycles. The van der Waals surface area contributed by atoms with Gasteiger partial charge in [0.2, 0.25) is 0 Å². The van der Waals surface area contributed by atoms with Crippen molar-refractivity contribution in [3.8, 4) is 11.5 Å². The summed E-state index contributed by atoms with van der Waals surface area (Å²) < 4.78 is 13.9. The van der Waals surface area contributed by atoms with Gasteiger partial charge in [0.05, 0.1) is 12.3 Å². The molecule has 4 rings (SSSR count). The molecule has 1 atom stereocenters. The van der Waals surface area contributed by atoms with Gasteiger partial charge in [-0.3, -0.25) is 4.99 Å². The second kappa shape index (κ2) is 9.29. The molecule has 0 radical (unpaired) electrons. The highest BCUT2D eigenvalue weighted by molar-refractivity contribution is 5.79. The lowest BCUT2D eigenvalue weighted by Crippen LogP contribution is -2.38. The maximum absolute atomic E-state index is 5.92. The van der Waals surface area contributed by atoms with E-state index in [0.29, 0.717) is 13.2 Å². The number of hydrogen-bond donors (Lipinski definition) is 2. The molecule has 0 aliphatic carbocycles. The van der Waals surface area contributed by atoms with E-state index >= 15 is 0 Å². The first-order valence-electron chi connectivity index (χ1n) is 10.9. The van der Waals surface area contributed by atoms with E-state index in [1.807, 2.05) is 19.2 Å². The van der Waals surface area contributed by atoms with Gasteiger partial charge in [-0.2, -0.15) is 0 Å². The minimum Gasteiger partial charge on any atom is -0.494 e. The van der Waals surface area contributed by atoms with Gasteiger partial charge in [-0.05, 0) is 44.5 Å². The van der Waals surface area contributed by atoms with Crippen molar-refractivity contribution in [1.82, 2.24) is 20.0 Å². The van der Waals surface area contributed by atoms with Gasteiger partial charge < -0.3 is 24.5 Å². The molecule has 31 heavy (non-hydrogen) atoms. The summed E-state index contributed by atoms with van der Waals surface area (Å²) >= 11 is 0. The van der Waals surface area contributed by atoms with Crippen molar-refractivity contribution in [3.63, 3.8) is 0 Å². The minimum absolute atomic E-state index is 0.213. The molecule has 0 amide bonds. The molecule has 2 N–H and O–H groups in total. The van der Waals surface area contributed by atoms with Gasteiger partial charge in [0.15, 0.2) is 5.96 Å². The summed E-state index contributed by atoms with van der Waals surface area (Å²) in [6, 6.07) is 8.32. The van der Waals surface area contributed by atoms with E-state index in [0.717, 1.165) is 53.7 Å². The number of aromatic nitrogens is 2. The number of fused-ring (bicyclic) bond motifs is 2. The molecule has 1 aliphatic heterocycles. The number of rotatable bonds is 7. The maximum Gasteiger partial charge on any atom is 0.191 e. The van der Waals surface area contributed by atoms with Crippen LogP contribution in [0.25, 0.3) is 5.65 Å². The summed E-state index contributed by atoms with van der Waals surface area (Å²) in [5.41, 5.74) is 5.52. The minimum atomic E-state index is 0.213. The summed E-state index contributed by atoms with van der Waals surface area (Å²) in [5, 5.41) is 6.76. The number of nitrogens with one attached hydrogen (secondary N) is 2. The normalized spacial score (nSPS) is 15.6. The van der Waals surface area contributed by atoms with Crippen LogP contribution in [0.1, 0.15) is 36.2 Å². The van der Waals surface area contributed by atoms with Gasteiger partial charge in [0.1, 0.15) is 23.3 Å². The first kappa shape index (κ1) is 21.0. The third kappa shape index (κ3) is 4.76. The Hall–Kier alpha value is -3.22. The number of guanidine groups is 1. The second-order valence-electron chi connectivity index (χ2n) is 7.89. The van der Waals surface area contributed by atoms with Crippen molar-refractivity contribution in [2.24, 2.45) is 4.99 Å². The number of aliphatic imine (C=N–C) groups is 1. The van der Waals surface area contributed by atoms with E-state index in [4.69, 9.17) is 14.5 Å². The third-order valence-electron chi connectivity index (χ3n) is 5.45. The Morgan fingerprint density at radius 2 is 2.23 bits per heavy atom. The van der Waals surface area contributed by atoms with Crippen LogP contribution in [0.15, 0.2) is 41.7 Å². The van der Waals surface area contributed by atoms with Gasteiger partial charge in [-0.15, -0.1) is 0 Å². The van der Waals surface area contributed by atoms with Crippen molar-refractivity contribution in [2.45, 2.75) is 46.3 Å². The van der Waals surface area contributed by atoms with Crippen LogP contribution in [0.2, 0.25) is 0 Å². The first-order chi connectivity index (χ1) is 15.1. The molecule has 1 aliphatic rings. The van der Waals surface area contributed by atoms with E-state index < -0.39 is 0 Å². The van der Waals surface area contributed by atoms with Crippen LogP contribution in [0.4, 0.5) is 0 Å². The SMILES string of the molecule is CCOc1cc2c(cc1CNC(=NC)NCCc1cn3cccc(C)c3n1)OC(C)C2. The molecule has 7 nitrogen and oxygen atoms in total. The fourth-order valence-corrected chi connectivity index (χ4v) is 3.94. The number of nitrogens with zero attached hydrogens (tertiary/aromatic N) is 3. The number of benzene rings is 1. The molecule has 2 aromatic heterocycles. The Bertz CT molecular complexity index is 1090. The zero-order chi connectivity index (χ0) is 21.8. The molecular weight excluding hydrogens is 390 g/mol. The topological polar surface area (TPSA) is 72.2 Å². The Morgan fingerprint density at radius 3 is 3.00 bits per heavy atom. The highest BCUT2D eigenvalue weighted by Gasteiger charge is 2.22. The zero-order valence-corrected chi connectivity index (χ0v) is 18.7. The van der Waals surface area contributed by atoms with Crippen LogP contribution >= 0.6 is 0 Å². The molecule has 1 aromatic carbocycles. The lowest BCUT2D eigenvalue weighted by atomic mass is 10.1. The molecule has 0 saturated heterocycles. The molecule has 3 heterocycles. The zero-order valence-electron chi connectivity index (χ0n) is 18.7. The van der Waals surface area contributed by atoms with Crippen molar-refractivity contribution in [1.29, 1.82) is 0 Å². The fraction of sp³-hybridized carbons (Fsp3) is 0.417. The summed E-state index contributed by atoms with van der Waals surface area (Å²) in [6.07, 6.45) is 6.07. The van der Waals surface area contributed by atoms with Crippen molar-refractivity contribution < 1.29 is 9.47 Å². The number of ether oxygens (including phenoxy) is 2. The van der Waals surface area contributed by atoms with Crippen molar-refractivity contribution >= 4 is 11.6 Å². The van der Waals surface area contributed by atoms with Gasteiger partial charge in [0.25, 0.3) is 0 Å². The highest BCUT2D eigenvalue weighted by atomic mass is 16.5. The van der Waals surface area contributed by atoms with E-state index in [1.165, 1.54) is 11.1 Å². The van der Waals surface area contributed by atoms with Crippen LogP contribution < -0.4 is 20.1 Å². The molecule has 0 fully saturated rings. The standard InChI is InChI=1S/C24H31N5O2/c1-5-30-21-12-18-11-17(3)31-22(18)13-19(21)14-27-24(25-4)26-9-8-20-15-29-10-6-7-16(2)23(29)28-20/h6-7,10,12-13,15,17H,5,8-9,11,14H2,1-4H3,(H2,25,26,27). The second-order valence-corrected chi connectivity index (χ2v) is 7.89. The number of pyridine rings is 1. The smallest absolute Gasteiger partial charge is 0.191 e. The molecule has 7 heteroatoms. The average Bonchev–Trinajstić information content (AvgIpc) is 3.33. The largest absolute Gasteiger partial charge is 0.494 e. The fourth-order valence-electron chi connectivity index (χ4n) is 3.94. The maximum atomic E-state index is 5.92. The molecule has 1 unspecified atom stereocenters. The van der Waals surface area contributed by atoms with Crippen LogP contribution in [0, 0.1) is 6.92 Å². The van der Waals surface area contributed by atoms with Crippen molar-refractivity contribution in [2.75, 3.05) is 20.2 Å². The molecule has 3 aromatic rings. The Kier molecular flexibility index (Phi) is 6.30. The summed E-state index contributed by atoms with van der Waals surface area (Å²) in [6.45, 7) is 8.16. The van der Waals surface area contributed by atoms with E-state index in [9.17, 15) is 0 Å². The average molecular weight is 422 g/mol. The first-order valence-corrected chi connectivity index (χ1v) is 10.9. The number of imidazole rings is 1. The van der Waals surface area contributed by atoms with Crippen LogP contribution in [0.5, 0.6) is 11.5 Å². The van der Waals surface area contributed by atoms with Crippen molar-refractivity contribution in [3.05, 3.63) is 59.0 Å².